The van der Waals surface area contributed by atoms with Gasteiger partial charge in [-0.3, -0.25) is 0 Å². The average Bonchev–Trinajstić information content (AvgIpc) is 3.07. The van der Waals surface area contributed by atoms with Crippen LogP contribution >= 0.6 is 34.0 Å². The van der Waals surface area contributed by atoms with Crippen molar-refractivity contribution < 1.29 is 0 Å². The predicted molar refractivity (Wildman–Crippen MR) is 89.9 cm³/mol. The maximum absolute atomic E-state index is 2.33. The summed E-state index contributed by atoms with van der Waals surface area (Å²) in [4.78, 5) is 7.12. The van der Waals surface area contributed by atoms with Crippen LogP contribution < -0.4 is 0 Å². The lowest BCUT2D eigenvalue weighted by atomic mass is 10.1. The largest absolute Gasteiger partial charge is 0.143 e. The van der Waals surface area contributed by atoms with E-state index in [2.05, 4.69) is 51.3 Å². The molecule has 0 amide bonds. The van der Waals surface area contributed by atoms with Crippen LogP contribution in [0.15, 0.2) is 23.6 Å². The standard InChI is InChI=1S/C16H16S3/c1-9-8-14(13-6-5-7-17-13)19-15(9)16-11(3)10(2)12(4)18-16/h5-8H,1-4H3. The van der Waals surface area contributed by atoms with Crippen molar-refractivity contribution >= 4 is 34.0 Å². The summed E-state index contributed by atoms with van der Waals surface area (Å²) in [5, 5.41) is 2.15. The second-order valence-electron chi connectivity index (χ2n) is 4.84. The van der Waals surface area contributed by atoms with Crippen LogP contribution in [0.25, 0.3) is 19.5 Å². The van der Waals surface area contributed by atoms with Crippen molar-refractivity contribution in [3.8, 4) is 19.5 Å². The third-order valence-corrected chi connectivity index (χ3v) is 7.35. The van der Waals surface area contributed by atoms with Crippen LogP contribution in [0.4, 0.5) is 0 Å². The van der Waals surface area contributed by atoms with Gasteiger partial charge in [0, 0.05) is 24.4 Å². The van der Waals surface area contributed by atoms with Gasteiger partial charge in [-0.1, -0.05) is 6.07 Å². The second-order valence-corrected chi connectivity index (χ2v) is 8.06. The fourth-order valence-electron chi connectivity index (χ4n) is 2.20. The Bertz CT molecular complexity index is 712. The number of hydrogen-bond acceptors (Lipinski definition) is 3. The Morgan fingerprint density at radius 3 is 2.21 bits per heavy atom. The number of thiophene rings is 3. The molecule has 0 spiro atoms. The summed E-state index contributed by atoms with van der Waals surface area (Å²) in [5.74, 6) is 0. The molecule has 0 unspecified atom stereocenters. The fourth-order valence-corrected chi connectivity index (χ4v) is 5.62. The Morgan fingerprint density at radius 2 is 1.63 bits per heavy atom. The number of rotatable bonds is 2. The van der Waals surface area contributed by atoms with Gasteiger partial charge >= 0.3 is 0 Å². The van der Waals surface area contributed by atoms with E-state index in [-0.39, 0.29) is 0 Å². The molecular weight excluding hydrogens is 288 g/mol. The maximum atomic E-state index is 2.33. The topological polar surface area (TPSA) is 0 Å². The lowest BCUT2D eigenvalue weighted by Crippen LogP contribution is -1.77. The Kier molecular flexibility index (Phi) is 3.37. The van der Waals surface area contributed by atoms with Crippen molar-refractivity contribution in [2.45, 2.75) is 27.7 Å². The van der Waals surface area contributed by atoms with Crippen LogP contribution in [0.3, 0.4) is 0 Å². The highest BCUT2D eigenvalue weighted by atomic mass is 32.1. The molecule has 0 saturated heterocycles. The van der Waals surface area contributed by atoms with E-state index >= 15 is 0 Å². The van der Waals surface area contributed by atoms with Gasteiger partial charge < -0.3 is 0 Å². The average molecular weight is 305 g/mol. The van der Waals surface area contributed by atoms with E-state index in [1.807, 2.05) is 34.0 Å². The van der Waals surface area contributed by atoms with Crippen LogP contribution in [-0.4, -0.2) is 0 Å². The first-order valence-electron chi connectivity index (χ1n) is 6.29. The van der Waals surface area contributed by atoms with Gasteiger partial charge in [-0.2, -0.15) is 0 Å². The van der Waals surface area contributed by atoms with Gasteiger partial charge in [0.25, 0.3) is 0 Å². The highest BCUT2D eigenvalue weighted by Crippen LogP contribution is 2.44. The first kappa shape index (κ1) is 13.1. The molecule has 0 radical (unpaired) electrons. The maximum Gasteiger partial charge on any atom is 0.0481 e. The molecule has 0 aliphatic heterocycles. The zero-order chi connectivity index (χ0) is 13.6. The van der Waals surface area contributed by atoms with Crippen molar-refractivity contribution in [2.24, 2.45) is 0 Å². The molecule has 0 nitrogen and oxygen atoms in total. The Balaban J connectivity index is 2.13. The lowest BCUT2D eigenvalue weighted by molar-refractivity contribution is 1.35. The van der Waals surface area contributed by atoms with Gasteiger partial charge in [0.1, 0.15) is 0 Å². The minimum absolute atomic E-state index is 1.38. The molecule has 0 bridgehead atoms. The summed E-state index contributed by atoms with van der Waals surface area (Å²) in [7, 11) is 0. The van der Waals surface area contributed by atoms with E-state index in [1.165, 1.54) is 41.1 Å². The fraction of sp³-hybridized carbons (Fsp3) is 0.250. The van der Waals surface area contributed by atoms with Crippen molar-refractivity contribution in [2.75, 3.05) is 0 Å². The quantitative estimate of drug-likeness (QED) is 0.511. The molecule has 3 heteroatoms. The van der Waals surface area contributed by atoms with Gasteiger partial charge in [-0.05, 0) is 61.9 Å². The highest BCUT2D eigenvalue weighted by molar-refractivity contribution is 7.26. The van der Waals surface area contributed by atoms with Crippen molar-refractivity contribution in [1.82, 2.24) is 0 Å². The summed E-state index contributed by atoms with van der Waals surface area (Å²) in [6, 6.07) is 6.66. The molecule has 3 heterocycles. The van der Waals surface area contributed by atoms with Crippen LogP contribution in [0.5, 0.6) is 0 Å². The summed E-state index contributed by atoms with van der Waals surface area (Å²) >= 11 is 5.68. The van der Waals surface area contributed by atoms with Gasteiger partial charge in [0.2, 0.25) is 0 Å². The SMILES string of the molecule is Cc1cc(-c2cccs2)sc1-c1sc(C)c(C)c1C. The molecule has 3 aromatic rings. The first-order chi connectivity index (χ1) is 9.08. The van der Waals surface area contributed by atoms with E-state index in [9.17, 15) is 0 Å². The Labute approximate surface area is 126 Å². The monoisotopic (exact) mass is 304 g/mol. The van der Waals surface area contributed by atoms with E-state index < -0.39 is 0 Å². The van der Waals surface area contributed by atoms with Crippen LogP contribution in [0.1, 0.15) is 21.6 Å². The van der Waals surface area contributed by atoms with Gasteiger partial charge in [-0.25, -0.2) is 0 Å². The molecule has 3 aromatic heterocycles. The zero-order valence-electron chi connectivity index (χ0n) is 11.5. The van der Waals surface area contributed by atoms with E-state index in [1.54, 1.807) is 0 Å². The van der Waals surface area contributed by atoms with Gasteiger partial charge in [0.15, 0.2) is 0 Å². The normalized spacial score (nSPS) is 11.2. The molecule has 0 aliphatic carbocycles. The Morgan fingerprint density at radius 1 is 0.842 bits per heavy atom. The third kappa shape index (κ3) is 2.20. The van der Waals surface area contributed by atoms with Crippen molar-refractivity contribution in [1.29, 1.82) is 0 Å². The smallest absolute Gasteiger partial charge is 0.0481 e. The molecule has 98 valence electrons. The molecule has 0 fully saturated rings. The molecule has 3 rings (SSSR count). The lowest BCUT2D eigenvalue weighted by Gasteiger charge is -1.98. The first-order valence-corrected chi connectivity index (χ1v) is 8.80. The minimum Gasteiger partial charge on any atom is -0.143 e. The van der Waals surface area contributed by atoms with Crippen LogP contribution in [-0.2, 0) is 0 Å². The predicted octanol–water partition coefficient (Wildman–Crippen LogP) is 6.44. The number of aryl methyl sites for hydroxylation is 2. The zero-order valence-corrected chi connectivity index (χ0v) is 14.0. The molecule has 0 N–H and O–H groups in total. The van der Waals surface area contributed by atoms with Gasteiger partial charge in [-0.15, -0.1) is 34.0 Å². The van der Waals surface area contributed by atoms with Crippen molar-refractivity contribution in [3.05, 3.63) is 45.1 Å². The second kappa shape index (κ2) is 4.89. The molecule has 0 aliphatic rings. The van der Waals surface area contributed by atoms with Gasteiger partial charge in [0.05, 0.1) is 0 Å². The molecular formula is C16H16S3. The minimum atomic E-state index is 1.38. The number of hydrogen-bond donors (Lipinski definition) is 0. The van der Waals surface area contributed by atoms with Crippen molar-refractivity contribution in [3.63, 3.8) is 0 Å². The molecule has 0 saturated carbocycles. The van der Waals surface area contributed by atoms with E-state index in [0.29, 0.717) is 0 Å². The highest BCUT2D eigenvalue weighted by Gasteiger charge is 2.16. The summed E-state index contributed by atoms with van der Waals surface area (Å²) in [6.07, 6.45) is 0. The molecule has 0 atom stereocenters. The van der Waals surface area contributed by atoms with Crippen LogP contribution in [0.2, 0.25) is 0 Å². The van der Waals surface area contributed by atoms with E-state index in [0.717, 1.165) is 0 Å². The van der Waals surface area contributed by atoms with Crippen LogP contribution in [0, 0.1) is 27.7 Å². The molecule has 19 heavy (non-hydrogen) atoms. The molecule has 0 aromatic carbocycles. The Hall–Kier alpha value is -0.900. The third-order valence-electron chi connectivity index (χ3n) is 3.57. The van der Waals surface area contributed by atoms with E-state index in [4.69, 9.17) is 0 Å². The summed E-state index contributed by atoms with van der Waals surface area (Å²) in [6.45, 7) is 8.93. The summed E-state index contributed by atoms with van der Waals surface area (Å²) < 4.78 is 0. The summed E-state index contributed by atoms with van der Waals surface area (Å²) in [5.41, 5.74) is 4.30.